The summed E-state index contributed by atoms with van der Waals surface area (Å²) in [6.07, 6.45) is 0.624. The quantitative estimate of drug-likeness (QED) is 0.510. The molecular weight excluding hydrogens is 378 g/mol. The minimum atomic E-state index is -1.20. The van der Waals surface area contributed by atoms with Crippen LogP contribution in [0.4, 0.5) is 4.79 Å². The first-order valence-corrected chi connectivity index (χ1v) is 9.86. The number of aldehydes is 1. The third-order valence-electron chi connectivity index (χ3n) is 6.19. The van der Waals surface area contributed by atoms with Crippen LogP contribution in [-0.2, 0) is 28.5 Å². The van der Waals surface area contributed by atoms with Crippen LogP contribution in [-0.4, -0.2) is 73.0 Å². The van der Waals surface area contributed by atoms with Crippen LogP contribution >= 0.6 is 0 Å². The molecule has 5 atom stereocenters. The van der Waals surface area contributed by atoms with E-state index < -0.39 is 46.9 Å². The van der Waals surface area contributed by atoms with Gasteiger partial charge in [0, 0.05) is 14.2 Å². The lowest BCUT2D eigenvalue weighted by Crippen LogP contribution is -2.72. The van der Waals surface area contributed by atoms with Crippen LogP contribution in [0.1, 0.15) is 47.5 Å². The van der Waals surface area contributed by atoms with Crippen molar-refractivity contribution < 1.29 is 33.3 Å². The normalized spacial score (nSPS) is 37.9. The number of nitrogens with zero attached hydrogens (tertiary/aromatic N) is 1. The van der Waals surface area contributed by atoms with Gasteiger partial charge in [-0.05, 0) is 53.4 Å². The predicted octanol–water partition coefficient (Wildman–Crippen LogP) is 2.10. The van der Waals surface area contributed by atoms with Crippen molar-refractivity contribution in [2.45, 2.75) is 82.4 Å². The van der Waals surface area contributed by atoms with E-state index >= 15 is 0 Å². The number of rotatable bonds is 2. The molecule has 0 bridgehead atoms. The van der Waals surface area contributed by atoms with E-state index in [-0.39, 0.29) is 6.54 Å². The number of ether oxygens (including phenoxy) is 5. The lowest BCUT2D eigenvalue weighted by atomic mass is 9.81. The summed E-state index contributed by atoms with van der Waals surface area (Å²) in [7, 11) is 3.04. The number of hydrogen-bond acceptors (Lipinski definition) is 7. The molecule has 2 heterocycles. The number of piperidine rings is 1. The Hall–Kier alpha value is -1.66. The Morgan fingerprint density at radius 3 is 2.21 bits per heavy atom. The molecular formula is C21H31NO7. The van der Waals surface area contributed by atoms with E-state index in [4.69, 9.17) is 23.7 Å². The van der Waals surface area contributed by atoms with Gasteiger partial charge in [0.15, 0.2) is 6.29 Å². The van der Waals surface area contributed by atoms with E-state index in [0.717, 1.165) is 12.8 Å². The summed E-state index contributed by atoms with van der Waals surface area (Å²) >= 11 is 0. The Balaban J connectivity index is 2.00. The minimum Gasteiger partial charge on any atom is -0.444 e. The molecule has 0 N–H and O–H groups in total. The van der Waals surface area contributed by atoms with Crippen molar-refractivity contribution in [2.75, 3.05) is 20.8 Å². The van der Waals surface area contributed by atoms with Crippen molar-refractivity contribution >= 4 is 12.4 Å². The second-order valence-electron chi connectivity index (χ2n) is 9.12. The maximum absolute atomic E-state index is 13.0. The summed E-state index contributed by atoms with van der Waals surface area (Å²) in [5.41, 5.74) is -1.17. The number of likely N-dealkylation sites (tertiary alicyclic amines) is 1. The average molecular weight is 409 g/mol. The summed E-state index contributed by atoms with van der Waals surface area (Å²) in [5.74, 6) is 2.72. The monoisotopic (exact) mass is 409 g/mol. The van der Waals surface area contributed by atoms with Gasteiger partial charge >= 0.3 is 6.09 Å². The predicted molar refractivity (Wildman–Crippen MR) is 103 cm³/mol. The van der Waals surface area contributed by atoms with E-state index in [9.17, 15) is 9.59 Å². The number of carbonyl (C=O) groups is 2. The highest BCUT2D eigenvalue weighted by Crippen LogP contribution is 2.56. The van der Waals surface area contributed by atoms with E-state index in [1.165, 1.54) is 14.2 Å². The maximum atomic E-state index is 13.0. The van der Waals surface area contributed by atoms with Crippen molar-refractivity contribution in [1.29, 1.82) is 0 Å². The van der Waals surface area contributed by atoms with Gasteiger partial charge in [-0.15, -0.1) is 0 Å². The van der Waals surface area contributed by atoms with Gasteiger partial charge in [0.05, 0.1) is 18.0 Å². The molecule has 3 aliphatic rings. The molecule has 29 heavy (non-hydrogen) atoms. The van der Waals surface area contributed by atoms with Crippen LogP contribution in [0, 0.1) is 17.8 Å². The molecule has 8 heteroatoms. The summed E-state index contributed by atoms with van der Waals surface area (Å²) in [5, 5.41) is 0. The third kappa shape index (κ3) is 3.66. The fraction of sp³-hybridized carbons (Fsp3) is 0.810. The second kappa shape index (κ2) is 7.24. The molecule has 1 spiro atoms. The van der Waals surface area contributed by atoms with Crippen LogP contribution in [0.3, 0.4) is 0 Å². The van der Waals surface area contributed by atoms with Crippen molar-refractivity contribution in [3.05, 3.63) is 0 Å². The largest absolute Gasteiger partial charge is 0.444 e. The third-order valence-corrected chi connectivity index (χ3v) is 6.19. The highest BCUT2D eigenvalue weighted by atomic mass is 16.8. The zero-order chi connectivity index (χ0) is 21.7. The van der Waals surface area contributed by atoms with Gasteiger partial charge in [-0.2, -0.15) is 0 Å². The molecule has 0 aromatic heterocycles. The van der Waals surface area contributed by atoms with Crippen LogP contribution in [0.25, 0.3) is 0 Å². The molecule has 3 fully saturated rings. The molecule has 2 saturated heterocycles. The van der Waals surface area contributed by atoms with Gasteiger partial charge in [-0.3, -0.25) is 9.69 Å². The Bertz CT molecular complexity index is 732. The molecule has 0 aromatic rings. The highest BCUT2D eigenvalue weighted by molar-refractivity contribution is 5.73. The van der Waals surface area contributed by atoms with E-state index in [2.05, 4.69) is 11.8 Å². The van der Waals surface area contributed by atoms with Crippen molar-refractivity contribution in [1.82, 2.24) is 4.90 Å². The van der Waals surface area contributed by atoms with Crippen molar-refractivity contribution in [2.24, 2.45) is 5.92 Å². The number of amides is 1. The standard InChI is InChI=1S/C21H31NO7/c1-18(2,3)29-17(24)22-13-15-16(14(9-8-12-23)21(22)10-11-21)28-20(5,26-7)19(4,25-6)27-15/h12,14-16H,10-11,13H2,1-7H3/t14-,15-,16-,19?,20?/m1/s1. The fourth-order valence-corrected chi connectivity index (χ4v) is 4.25. The van der Waals surface area contributed by atoms with Gasteiger partial charge in [0.25, 0.3) is 0 Å². The van der Waals surface area contributed by atoms with Gasteiger partial charge < -0.3 is 23.7 Å². The van der Waals surface area contributed by atoms with Crippen LogP contribution in [0.5, 0.6) is 0 Å². The molecule has 3 rings (SSSR count). The lowest BCUT2D eigenvalue weighted by Gasteiger charge is -2.57. The van der Waals surface area contributed by atoms with Gasteiger partial charge in [-0.1, -0.05) is 5.92 Å². The first-order chi connectivity index (χ1) is 13.5. The molecule has 0 aromatic carbocycles. The zero-order valence-corrected chi connectivity index (χ0v) is 18.2. The highest BCUT2D eigenvalue weighted by Gasteiger charge is 2.68. The molecule has 1 saturated carbocycles. The number of methoxy groups -OCH3 is 2. The van der Waals surface area contributed by atoms with E-state index in [1.54, 1.807) is 18.7 Å². The average Bonchev–Trinajstić information content (AvgIpc) is 3.42. The maximum Gasteiger partial charge on any atom is 0.410 e. The number of fused-ring (bicyclic) bond motifs is 1. The SMILES string of the molecule is COC1(C)O[C@@H]2[C@@H](C#CC=O)C3(CC3)N(C(=O)OC(C)(C)C)C[C@H]2OC1(C)OC. The fourth-order valence-electron chi connectivity index (χ4n) is 4.25. The van der Waals surface area contributed by atoms with E-state index in [1.807, 2.05) is 20.8 Å². The molecule has 162 valence electrons. The van der Waals surface area contributed by atoms with Crippen molar-refractivity contribution in [3.63, 3.8) is 0 Å². The Kier molecular flexibility index (Phi) is 5.50. The van der Waals surface area contributed by atoms with Crippen LogP contribution < -0.4 is 0 Å². The summed E-state index contributed by atoms with van der Waals surface area (Å²) in [4.78, 5) is 25.7. The van der Waals surface area contributed by atoms with Crippen LogP contribution in [0.15, 0.2) is 0 Å². The Labute approximate surface area is 172 Å². The number of hydrogen-bond donors (Lipinski definition) is 0. The Morgan fingerprint density at radius 1 is 1.14 bits per heavy atom. The first-order valence-electron chi connectivity index (χ1n) is 9.86. The smallest absolute Gasteiger partial charge is 0.410 e. The van der Waals surface area contributed by atoms with Gasteiger partial charge in [0.1, 0.15) is 17.8 Å². The van der Waals surface area contributed by atoms with Crippen LogP contribution in [0.2, 0.25) is 0 Å². The molecule has 1 amide bonds. The molecule has 0 radical (unpaired) electrons. The van der Waals surface area contributed by atoms with Gasteiger partial charge in [-0.25, -0.2) is 4.79 Å². The van der Waals surface area contributed by atoms with Gasteiger partial charge in [0.2, 0.25) is 11.6 Å². The second-order valence-corrected chi connectivity index (χ2v) is 9.12. The number of carbonyl (C=O) groups excluding carboxylic acids is 2. The zero-order valence-electron chi connectivity index (χ0n) is 18.2. The summed E-state index contributed by atoms with van der Waals surface area (Å²) in [6, 6.07) is 0. The first kappa shape index (κ1) is 22.0. The summed E-state index contributed by atoms with van der Waals surface area (Å²) in [6.45, 7) is 9.24. The molecule has 2 unspecified atom stereocenters. The molecule has 1 aliphatic carbocycles. The van der Waals surface area contributed by atoms with E-state index in [0.29, 0.717) is 6.29 Å². The molecule has 8 nitrogen and oxygen atoms in total. The minimum absolute atomic E-state index is 0.275. The lowest BCUT2D eigenvalue weighted by molar-refractivity contribution is -0.456. The topological polar surface area (TPSA) is 83.5 Å². The molecule has 2 aliphatic heterocycles. The Morgan fingerprint density at radius 2 is 1.72 bits per heavy atom. The summed E-state index contributed by atoms with van der Waals surface area (Å²) < 4.78 is 29.5. The van der Waals surface area contributed by atoms with Crippen molar-refractivity contribution in [3.8, 4) is 11.8 Å².